The average Bonchev–Trinajstić information content (AvgIpc) is 3.02. The summed E-state index contributed by atoms with van der Waals surface area (Å²) in [4.78, 5) is 0. The number of hydrogen-bond donors (Lipinski definition) is 0. The van der Waals surface area contributed by atoms with E-state index in [0.29, 0.717) is 6.04 Å². The molecule has 2 unspecified atom stereocenters. The van der Waals surface area contributed by atoms with E-state index >= 15 is 0 Å². The highest BCUT2D eigenvalue weighted by atomic mass is 16.5. The van der Waals surface area contributed by atoms with Gasteiger partial charge in [0.2, 0.25) is 0 Å². The predicted octanol–water partition coefficient (Wildman–Crippen LogP) is 4.36. The van der Waals surface area contributed by atoms with E-state index in [-0.39, 0.29) is 6.23 Å². The van der Waals surface area contributed by atoms with Crippen LogP contribution in [-0.4, -0.2) is 16.9 Å². The van der Waals surface area contributed by atoms with Crippen molar-refractivity contribution in [3.63, 3.8) is 0 Å². The summed E-state index contributed by atoms with van der Waals surface area (Å²) in [7, 11) is 0. The molecule has 0 N–H and O–H groups in total. The van der Waals surface area contributed by atoms with Crippen LogP contribution in [-0.2, 0) is 0 Å². The summed E-state index contributed by atoms with van der Waals surface area (Å²) in [6.45, 7) is 2.19. The molecule has 0 spiro atoms. The first-order valence-corrected chi connectivity index (χ1v) is 8.03. The van der Waals surface area contributed by atoms with Gasteiger partial charge in [0.15, 0.2) is 6.23 Å². The van der Waals surface area contributed by atoms with Crippen LogP contribution in [0.1, 0.15) is 43.4 Å². The number of nitrogens with zero attached hydrogens (tertiary/aromatic N) is 2. The fourth-order valence-electron chi connectivity index (χ4n) is 3.35. The highest BCUT2D eigenvalue weighted by molar-refractivity contribution is 6.01. The molecule has 2 aliphatic rings. The van der Waals surface area contributed by atoms with E-state index in [1.165, 1.54) is 11.1 Å². The summed E-state index contributed by atoms with van der Waals surface area (Å²) in [5.74, 6) is 1.02. The highest BCUT2D eigenvalue weighted by Gasteiger charge is 2.39. The number of fused-ring (bicyclic) bond motifs is 3. The monoisotopic (exact) mass is 292 g/mol. The normalized spacial score (nSPS) is 22.6. The van der Waals surface area contributed by atoms with Crippen LogP contribution < -0.4 is 4.74 Å². The first kappa shape index (κ1) is 13.4. The Morgan fingerprint density at radius 1 is 1.09 bits per heavy atom. The van der Waals surface area contributed by atoms with Crippen LogP contribution in [0, 0.1) is 0 Å². The summed E-state index contributed by atoms with van der Waals surface area (Å²) in [5.41, 5.74) is 3.63. The minimum atomic E-state index is 0.0473. The second kappa shape index (κ2) is 5.48. The van der Waals surface area contributed by atoms with Crippen LogP contribution in [0.15, 0.2) is 59.7 Å². The van der Waals surface area contributed by atoms with Crippen molar-refractivity contribution in [2.24, 2.45) is 5.10 Å². The standard InChI is InChI=1S/C19H20N2O/c1-2-8-19-21-17(15-11-6-7-12-18(15)22-19)13-16(20-21)14-9-4-3-5-10-14/h3-7,9-12,17,19H,2,8,13H2,1H3. The Morgan fingerprint density at radius 3 is 2.68 bits per heavy atom. The van der Waals surface area contributed by atoms with Crippen molar-refractivity contribution in [1.82, 2.24) is 5.01 Å². The molecule has 0 aliphatic carbocycles. The predicted molar refractivity (Wildman–Crippen MR) is 87.9 cm³/mol. The van der Waals surface area contributed by atoms with E-state index in [9.17, 15) is 0 Å². The number of hydrazone groups is 1. The molecule has 0 aromatic heterocycles. The number of benzene rings is 2. The van der Waals surface area contributed by atoms with Crippen LogP contribution in [0.2, 0.25) is 0 Å². The van der Waals surface area contributed by atoms with Gasteiger partial charge in [0.25, 0.3) is 0 Å². The van der Waals surface area contributed by atoms with E-state index in [0.717, 1.165) is 30.7 Å². The van der Waals surface area contributed by atoms with E-state index in [4.69, 9.17) is 9.84 Å². The van der Waals surface area contributed by atoms with Crippen molar-refractivity contribution >= 4 is 5.71 Å². The SMILES string of the molecule is CCCC1Oc2ccccc2C2CC(c3ccccc3)=NN12. The third-order valence-corrected chi connectivity index (χ3v) is 4.42. The maximum absolute atomic E-state index is 6.19. The molecule has 22 heavy (non-hydrogen) atoms. The molecule has 2 aromatic carbocycles. The molecule has 2 heterocycles. The molecular formula is C19H20N2O. The van der Waals surface area contributed by atoms with Crippen molar-refractivity contribution in [2.75, 3.05) is 0 Å². The van der Waals surface area contributed by atoms with Gasteiger partial charge in [-0.1, -0.05) is 61.9 Å². The van der Waals surface area contributed by atoms with Crippen molar-refractivity contribution in [2.45, 2.75) is 38.5 Å². The minimum Gasteiger partial charge on any atom is -0.469 e. The van der Waals surface area contributed by atoms with Gasteiger partial charge in [-0.15, -0.1) is 0 Å². The molecule has 112 valence electrons. The van der Waals surface area contributed by atoms with E-state index in [2.05, 4.69) is 54.4 Å². The zero-order chi connectivity index (χ0) is 14.9. The van der Waals surface area contributed by atoms with Crippen LogP contribution in [0.25, 0.3) is 0 Å². The lowest BCUT2D eigenvalue weighted by Crippen LogP contribution is -2.40. The van der Waals surface area contributed by atoms with Gasteiger partial charge < -0.3 is 4.74 Å². The summed E-state index contributed by atoms with van der Waals surface area (Å²) < 4.78 is 6.19. The Labute approximate surface area is 131 Å². The molecule has 4 rings (SSSR count). The van der Waals surface area contributed by atoms with Crippen LogP contribution in [0.5, 0.6) is 5.75 Å². The Hall–Kier alpha value is -2.29. The number of ether oxygens (including phenoxy) is 1. The number of hydrogen-bond acceptors (Lipinski definition) is 3. The maximum Gasteiger partial charge on any atom is 0.187 e. The van der Waals surface area contributed by atoms with Crippen LogP contribution in [0.4, 0.5) is 0 Å². The zero-order valence-electron chi connectivity index (χ0n) is 12.8. The van der Waals surface area contributed by atoms with E-state index in [1.54, 1.807) is 0 Å². The second-order valence-corrected chi connectivity index (χ2v) is 5.91. The van der Waals surface area contributed by atoms with Gasteiger partial charge in [0.1, 0.15) is 5.75 Å². The summed E-state index contributed by atoms with van der Waals surface area (Å²) >= 11 is 0. The molecule has 0 saturated heterocycles. The summed E-state index contributed by atoms with van der Waals surface area (Å²) in [6.07, 6.45) is 3.08. The molecule has 0 saturated carbocycles. The molecule has 2 aliphatic heterocycles. The van der Waals surface area contributed by atoms with E-state index < -0.39 is 0 Å². The molecule has 3 nitrogen and oxygen atoms in total. The Kier molecular flexibility index (Phi) is 3.34. The Morgan fingerprint density at radius 2 is 1.86 bits per heavy atom. The van der Waals surface area contributed by atoms with Gasteiger partial charge in [-0.2, -0.15) is 5.10 Å². The summed E-state index contributed by atoms with van der Waals surface area (Å²) in [6, 6.07) is 19.1. The fraction of sp³-hybridized carbons (Fsp3) is 0.316. The fourth-order valence-corrected chi connectivity index (χ4v) is 3.35. The van der Waals surface area contributed by atoms with Gasteiger partial charge >= 0.3 is 0 Å². The molecule has 0 radical (unpaired) electrons. The average molecular weight is 292 g/mol. The smallest absolute Gasteiger partial charge is 0.187 e. The third-order valence-electron chi connectivity index (χ3n) is 4.42. The van der Waals surface area contributed by atoms with Gasteiger partial charge in [-0.05, 0) is 11.6 Å². The molecule has 0 fully saturated rings. The first-order valence-electron chi connectivity index (χ1n) is 8.03. The second-order valence-electron chi connectivity index (χ2n) is 5.91. The molecular weight excluding hydrogens is 272 g/mol. The maximum atomic E-state index is 6.19. The van der Waals surface area contributed by atoms with E-state index in [1.807, 2.05) is 12.1 Å². The van der Waals surface area contributed by atoms with Crippen molar-refractivity contribution < 1.29 is 4.74 Å². The lowest BCUT2D eigenvalue weighted by molar-refractivity contribution is -0.0223. The highest BCUT2D eigenvalue weighted by Crippen LogP contribution is 2.43. The summed E-state index contributed by atoms with van der Waals surface area (Å²) in [5, 5.41) is 7.08. The van der Waals surface area contributed by atoms with Gasteiger partial charge in [0.05, 0.1) is 11.8 Å². The Balaban J connectivity index is 1.72. The third kappa shape index (κ3) is 2.17. The van der Waals surface area contributed by atoms with Crippen molar-refractivity contribution in [3.8, 4) is 5.75 Å². The molecule has 0 amide bonds. The lowest BCUT2D eigenvalue weighted by atomic mass is 9.96. The number of para-hydroxylation sites is 1. The largest absolute Gasteiger partial charge is 0.469 e. The van der Waals surface area contributed by atoms with Crippen LogP contribution in [0.3, 0.4) is 0 Å². The first-order chi connectivity index (χ1) is 10.9. The van der Waals surface area contributed by atoms with Crippen molar-refractivity contribution in [3.05, 3.63) is 65.7 Å². The van der Waals surface area contributed by atoms with Gasteiger partial charge in [-0.3, -0.25) is 5.01 Å². The quantitative estimate of drug-likeness (QED) is 0.840. The minimum absolute atomic E-state index is 0.0473. The lowest BCUT2D eigenvalue weighted by Gasteiger charge is -2.38. The Bertz CT molecular complexity index is 696. The van der Waals surface area contributed by atoms with Gasteiger partial charge in [-0.25, -0.2) is 0 Å². The van der Waals surface area contributed by atoms with Crippen molar-refractivity contribution in [1.29, 1.82) is 0 Å². The number of rotatable bonds is 3. The molecule has 0 bridgehead atoms. The topological polar surface area (TPSA) is 24.8 Å². The van der Waals surface area contributed by atoms with Gasteiger partial charge in [0, 0.05) is 18.4 Å². The molecule has 2 aromatic rings. The zero-order valence-corrected chi connectivity index (χ0v) is 12.8. The molecule has 3 heteroatoms. The molecule has 2 atom stereocenters. The van der Waals surface area contributed by atoms with Crippen LogP contribution >= 0.6 is 0 Å².